The van der Waals surface area contributed by atoms with E-state index in [0.717, 1.165) is 0 Å². The van der Waals surface area contributed by atoms with Crippen molar-refractivity contribution < 1.29 is 8.78 Å². The van der Waals surface area contributed by atoms with Crippen LogP contribution in [0.2, 0.25) is 0 Å². The second kappa shape index (κ2) is 5.75. The summed E-state index contributed by atoms with van der Waals surface area (Å²) >= 11 is 0. The summed E-state index contributed by atoms with van der Waals surface area (Å²) in [5.74, 6) is -0.969. The third-order valence-electron chi connectivity index (χ3n) is 2.52. The number of halogens is 2. The van der Waals surface area contributed by atoms with Crippen LogP contribution in [-0.4, -0.2) is 6.54 Å². The van der Waals surface area contributed by atoms with Gasteiger partial charge in [-0.15, -0.1) is 6.58 Å². The minimum atomic E-state index is -0.504. The molecule has 1 aromatic carbocycles. The van der Waals surface area contributed by atoms with Crippen LogP contribution in [0.25, 0.3) is 0 Å². The second-order valence-electron chi connectivity index (χ2n) is 3.73. The van der Waals surface area contributed by atoms with E-state index in [-0.39, 0.29) is 11.6 Å². The Hall–Kier alpha value is -1.22. The van der Waals surface area contributed by atoms with Gasteiger partial charge in [0.1, 0.15) is 11.6 Å². The Balaban J connectivity index is 3.16. The first kappa shape index (κ1) is 12.8. The zero-order chi connectivity index (χ0) is 12.1. The normalized spacial score (nSPS) is 12.5. The van der Waals surface area contributed by atoms with Gasteiger partial charge in [-0.3, -0.25) is 0 Å². The Labute approximate surface area is 95.2 Å². The zero-order valence-electron chi connectivity index (χ0n) is 9.69. The van der Waals surface area contributed by atoms with Crippen LogP contribution in [0.1, 0.15) is 30.5 Å². The molecule has 0 spiro atoms. The van der Waals surface area contributed by atoms with E-state index in [1.807, 2.05) is 6.92 Å². The van der Waals surface area contributed by atoms with Crippen molar-refractivity contribution in [2.45, 2.75) is 26.3 Å². The molecule has 0 fully saturated rings. The minimum Gasteiger partial charge on any atom is -0.310 e. The van der Waals surface area contributed by atoms with Gasteiger partial charge in [0.2, 0.25) is 0 Å². The second-order valence-corrected chi connectivity index (χ2v) is 3.73. The van der Waals surface area contributed by atoms with E-state index in [9.17, 15) is 8.78 Å². The van der Waals surface area contributed by atoms with Gasteiger partial charge >= 0.3 is 0 Å². The molecule has 3 heteroatoms. The van der Waals surface area contributed by atoms with Gasteiger partial charge < -0.3 is 5.32 Å². The smallest absolute Gasteiger partial charge is 0.133 e. The average molecular weight is 225 g/mol. The summed E-state index contributed by atoms with van der Waals surface area (Å²) in [5, 5.41) is 3.06. The summed E-state index contributed by atoms with van der Waals surface area (Å²) in [5.41, 5.74) is 0.574. The van der Waals surface area contributed by atoms with Crippen LogP contribution in [0.15, 0.2) is 24.8 Å². The van der Waals surface area contributed by atoms with Crippen molar-refractivity contribution in [1.29, 1.82) is 0 Å². The third kappa shape index (κ3) is 2.67. The Morgan fingerprint density at radius 1 is 1.44 bits per heavy atom. The molecule has 1 N–H and O–H groups in total. The van der Waals surface area contributed by atoms with Crippen LogP contribution >= 0.6 is 0 Å². The van der Waals surface area contributed by atoms with Gasteiger partial charge in [-0.1, -0.05) is 19.1 Å². The van der Waals surface area contributed by atoms with Gasteiger partial charge in [0.25, 0.3) is 0 Å². The molecule has 1 atom stereocenters. The molecule has 0 saturated carbocycles. The van der Waals surface area contributed by atoms with Crippen molar-refractivity contribution in [2.24, 2.45) is 0 Å². The van der Waals surface area contributed by atoms with Gasteiger partial charge in [-0.25, -0.2) is 8.78 Å². The van der Waals surface area contributed by atoms with E-state index < -0.39 is 11.6 Å². The van der Waals surface area contributed by atoms with Crippen molar-refractivity contribution in [1.82, 2.24) is 5.32 Å². The lowest BCUT2D eigenvalue weighted by atomic mass is 10.00. The SMILES string of the molecule is C=CCC(NCC)c1c(F)ccc(C)c1F. The molecule has 1 aromatic rings. The number of hydrogen-bond donors (Lipinski definition) is 1. The minimum absolute atomic E-state index is 0.113. The highest BCUT2D eigenvalue weighted by Crippen LogP contribution is 2.25. The molecule has 0 aliphatic heterocycles. The van der Waals surface area contributed by atoms with Crippen molar-refractivity contribution in [2.75, 3.05) is 6.54 Å². The first-order valence-electron chi connectivity index (χ1n) is 5.40. The van der Waals surface area contributed by atoms with Gasteiger partial charge in [-0.05, 0) is 31.5 Å². The monoisotopic (exact) mass is 225 g/mol. The van der Waals surface area contributed by atoms with E-state index in [1.54, 1.807) is 13.0 Å². The van der Waals surface area contributed by atoms with Gasteiger partial charge in [0.15, 0.2) is 0 Å². The summed E-state index contributed by atoms with van der Waals surface area (Å²) in [4.78, 5) is 0. The van der Waals surface area contributed by atoms with Gasteiger partial charge in [-0.2, -0.15) is 0 Å². The molecule has 0 radical (unpaired) electrons. The summed E-state index contributed by atoms with van der Waals surface area (Å²) in [6, 6.07) is 2.41. The molecule has 0 aliphatic carbocycles. The summed E-state index contributed by atoms with van der Waals surface area (Å²) < 4.78 is 27.5. The van der Waals surface area contributed by atoms with Crippen molar-refractivity contribution in [3.63, 3.8) is 0 Å². The van der Waals surface area contributed by atoms with Crippen molar-refractivity contribution >= 4 is 0 Å². The van der Waals surface area contributed by atoms with E-state index in [0.29, 0.717) is 18.5 Å². The number of rotatable bonds is 5. The van der Waals surface area contributed by atoms with Gasteiger partial charge in [0.05, 0.1) is 0 Å². The van der Waals surface area contributed by atoms with E-state index in [2.05, 4.69) is 11.9 Å². The Kier molecular flexibility index (Phi) is 4.62. The molecule has 0 bridgehead atoms. The highest BCUT2D eigenvalue weighted by Gasteiger charge is 2.19. The van der Waals surface area contributed by atoms with Gasteiger partial charge in [0, 0.05) is 11.6 Å². The summed E-state index contributed by atoms with van der Waals surface area (Å²) in [6.45, 7) is 7.80. The molecule has 1 nitrogen and oxygen atoms in total. The Morgan fingerprint density at radius 3 is 2.69 bits per heavy atom. The fourth-order valence-electron chi connectivity index (χ4n) is 1.71. The quantitative estimate of drug-likeness (QED) is 0.756. The number of aryl methyl sites for hydroxylation is 1. The van der Waals surface area contributed by atoms with Crippen LogP contribution in [-0.2, 0) is 0 Å². The number of benzene rings is 1. The van der Waals surface area contributed by atoms with E-state index in [1.165, 1.54) is 12.1 Å². The molecule has 1 rings (SSSR count). The maximum Gasteiger partial charge on any atom is 0.133 e. The standard InChI is InChI=1S/C13H17F2N/c1-4-6-11(16-5-2)12-10(14)8-7-9(3)13(12)15/h4,7-8,11,16H,1,5-6H2,2-3H3. The highest BCUT2D eigenvalue weighted by atomic mass is 19.1. The first-order valence-corrected chi connectivity index (χ1v) is 5.40. The molecule has 0 aliphatic rings. The maximum absolute atomic E-state index is 13.8. The predicted octanol–water partition coefficient (Wildman–Crippen LogP) is 3.50. The molecule has 1 unspecified atom stereocenters. The van der Waals surface area contributed by atoms with Crippen LogP contribution in [0, 0.1) is 18.6 Å². The Bertz CT molecular complexity index is 374. The lowest BCUT2D eigenvalue weighted by molar-refractivity contribution is 0.475. The fourth-order valence-corrected chi connectivity index (χ4v) is 1.71. The fraction of sp³-hybridized carbons (Fsp3) is 0.385. The lowest BCUT2D eigenvalue weighted by Gasteiger charge is -2.18. The predicted molar refractivity (Wildman–Crippen MR) is 62.3 cm³/mol. The van der Waals surface area contributed by atoms with Crippen LogP contribution in [0.4, 0.5) is 8.78 Å². The van der Waals surface area contributed by atoms with Crippen LogP contribution in [0.3, 0.4) is 0 Å². The molecule has 0 heterocycles. The van der Waals surface area contributed by atoms with Crippen LogP contribution < -0.4 is 5.32 Å². The van der Waals surface area contributed by atoms with Crippen molar-refractivity contribution in [3.8, 4) is 0 Å². The van der Waals surface area contributed by atoms with E-state index in [4.69, 9.17) is 0 Å². The molecule has 88 valence electrons. The molecule has 0 saturated heterocycles. The topological polar surface area (TPSA) is 12.0 Å². The summed E-state index contributed by atoms with van der Waals surface area (Å²) in [7, 11) is 0. The number of nitrogens with one attached hydrogen (secondary N) is 1. The molecular formula is C13H17F2N. The largest absolute Gasteiger partial charge is 0.310 e. The third-order valence-corrected chi connectivity index (χ3v) is 2.52. The Morgan fingerprint density at radius 2 is 2.12 bits per heavy atom. The van der Waals surface area contributed by atoms with Crippen LogP contribution in [0.5, 0.6) is 0 Å². The molecule has 0 aromatic heterocycles. The molecule has 16 heavy (non-hydrogen) atoms. The number of hydrogen-bond acceptors (Lipinski definition) is 1. The van der Waals surface area contributed by atoms with E-state index >= 15 is 0 Å². The molecule has 0 amide bonds. The maximum atomic E-state index is 13.8. The molecular weight excluding hydrogens is 208 g/mol. The van der Waals surface area contributed by atoms with Crippen molar-refractivity contribution in [3.05, 3.63) is 47.5 Å². The average Bonchev–Trinajstić information content (AvgIpc) is 2.25. The zero-order valence-corrected chi connectivity index (χ0v) is 9.69. The first-order chi connectivity index (χ1) is 7.61. The summed E-state index contributed by atoms with van der Waals surface area (Å²) in [6.07, 6.45) is 2.17. The lowest BCUT2D eigenvalue weighted by Crippen LogP contribution is -2.23. The highest BCUT2D eigenvalue weighted by molar-refractivity contribution is 5.29.